The maximum absolute atomic E-state index is 11.2. The molecule has 1 aliphatic heterocycles. The molecule has 1 aromatic carbocycles. The quantitative estimate of drug-likeness (QED) is 0.538. The molecule has 1 aliphatic rings. The fourth-order valence-corrected chi connectivity index (χ4v) is 1.02. The molecule has 0 aromatic heterocycles. The standard InChI is InChI=1S/C11H8O3/c1-2-8-5-3-4-6-9(8)14-11(12)10-7-13-10/h2-7H,1H2. The number of hydrogen-bond donors (Lipinski definition) is 0. The van der Waals surface area contributed by atoms with Gasteiger partial charge >= 0.3 is 5.97 Å². The van der Waals surface area contributed by atoms with E-state index in [1.165, 1.54) is 6.26 Å². The van der Waals surface area contributed by atoms with Crippen LogP contribution >= 0.6 is 0 Å². The molecule has 1 aromatic rings. The zero-order chi connectivity index (χ0) is 9.97. The Labute approximate surface area is 81.3 Å². The van der Waals surface area contributed by atoms with Crippen molar-refractivity contribution < 1.29 is 14.3 Å². The summed E-state index contributed by atoms with van der Waals surface area (Å²) in [7, 11) is 0. The fraction of sp³-hybridized carbons (Fsp3) is 0. The maximum atomic E-state index is 11.2. The highest BCUT2D eigenvalue weighted by atomic mass is 16.6. The lowest BCUT2D eigenvalue weighted by molar-refractivity contribution is -0.131. The Morgan fingerprint density at radius 3 is 2.79 bits per heavy atom. The lowest BCUT2D eigenvalue weighted by atomic mass is 10.2. The molecule has 0 unspecified atom stereocenters. The Bertz CT molecular complexity index is 418. The number of carbonyl (C=O) groups is 1. The van der Waals surface area contributed by atoms with Gasteiger partial charge in [0.1, 0.15) is 12.0 Å². The Morgan fingerprint density at radius 1 is 1.43 bits per heavy atom. The molecular formula is C11H8O3. The van der Waals surface area contributed by atoms with Gasteiger partial charge in [-0.2, -0.15) is 0 Å². The van der Waals surface area contributed by atoms with Crippen LogP contribution in [0, 0.1) is 0 Å². The van der Waals surface area contributed by atoms with Crippen molar-refractivity contribution >= 4 is 12.0 Å². The monoisotopic (exact) mass is 188 g/mol. The Balaban J connectivity index is 2.18. The van der Waals surface area contributed by atoms with E-state index in [1.807, 2.05) is 12.1 Å². The van der Waals surface area contributed by atoms with Gasteiger partial charge in [0.25, 0.3) is 0 Å². The zero-order valence-electron chi connectivity index (χ0n) is 7.40. The van der Waals surface area contributed by atoms with Crippen LogP contribution in [0.5, 0.6) is 5.75 Å². The van der Waals surface area contributed by atoms with Crippen LogP contribution in [0.3, 0.4) is 0 Å². The smallest absolute Gasteiger partial charge is 0.382 e. The van der Waals surface area contributed by atoms with Crippen LogP contribution in [0.2, 0.25) is 0 Å². The zero-order valence-corrected chi connectivity index (χ0v) is 7.40. The van der Waals surface area contributed by atoms with E-state index in [4.69, 9.17) is 4.74 Å². The molecule has 1 heterocycles. The molecule has 0 atom stereocenters. The number of benzene rings is 1. The average Bonchev–Trinajstić information content (AvgIpc) is 3.02. The van der Waals surface area contributed by atoms with Gasteiger partial charge in [-0.1, -0.05) is 30.9 Å². The fourth-order valence-electron chi connectivity index (χ4n) is 1.02. The minimum atomic E-state index is -0.473. The lowest BCUT2D eigenvalue weighted by Gasteiger charge is -2.03. The van der Waals surface area contributed by atoms with Crippen molar-refractivity contribution in [2.45, 2.75) is 0 Å². The molecule has 3 nitrogen and oxygen atoms in total. The minimum absolute atomic E-state index is 0.254. The van der Waals surface area contributed by atoms with Gasteiger partial charge < -0.3 is 9.47 Å². The van der Waals surface area contributed by atoms with Crippen molar-refractivity contribution in [3.05, 3.63) is 48.4 Å². The van der Waals surface area contributed by atoms with Crippen molar-refractivity contribution in [1.82, 2.24) is 0 Å². The maximum Gasteiger partial charge on any atom is 0.382 e. The molecule has 0 N–H and O–H groups in total. The predicted molar refractivity (Wildman–Crippen MR) is 51.3 cm³/mol. The normalized spacial score (nSPS) is 12.4. The van der Waals surface area contributed by atoms with Crippen LogP contribution in [0.15, 0.2) is 42.9 Å². The first-order chi connectivity index (χ1) is 6.81. The molecule has 0 fully saturated rings. The number of carbonyl (C=O) groups excluding carboxylic acids is 1. The first-order valence-electron chi connectivity index (χ1n) is 4.12. The summed E-state index contributed by atoms with van der Waals surface area (Å²) in [6, 6.07) is 7.16. The summed E-state index contributed by atoms with van der Waals surface area (Å²) >= 11 is 0. The van der Waals surface area contributed by atoms with Crippen LogP contribution in [0.25, 0.3) is 6.08 Å². The third-order valence-corrected chi connectivity index (χ3v) is 1.78. The van der Waals surface area contributed by atoms with E-state index < -0.39 is 5.97 Å². The van der Waals surface area contributed by atoms with Gasteiger partial charge in [-0.15, -0.1) is 0 Å². The Hall–Kier alpha value is -2.03. The number of hydrogen-bond acceptors (Lipinski definition) is 3. The van der Waals surface area contributed by atoms with Crippen molar-refractivity contribution in [2.24, 2.45) is 0 Å². The molecular weight excluding hydrogens is 180 g/mol. The molecule has 0 bridgehead atoms. The molecule has 0 spiro atoms. The molecule has 14 heavy (non-hydrogen) atoms. The van der Waals surface area contributed by atoms with Gasteiger partial charge in [-0.25, -0.2) is 4.79 Å². The van der Waals surface area contributed by atoms with Gasteiger partial charge in [-0.3, -0.25) is 0 Å². The summed E-state index contributed by atoms with van der Waals surface area (Å²) in [4.78, 5) is 11.2. The molecule has 0 saturated heterocycles. The average molecular weight is 188 g/mol. The molecule has 3 heteroatoms. The van der Waals surface area contributed by atoms with Gasteiger partial charge in [0.05, 0.1) is 0 Å². The van der Waals surface area contributed by atoms with Crippen LogP contribution in [0.4, 0.5) is 0 Å². The van der Waals surface area contributed by atoms with E-state index in [-0.39, 0.29) is 5.76 Å². The molecule has 2 rings (SSSR count). The van der Waals surface area contributed by atoms with E-state index in [2.05, 4.69) is 11.3 Å². The molecule has 70 valence electrons. The summed E-state index contributed by atoms with van der Waals surface area (Å²) in [5.74, 6) is 0.270. The predicted octanol–water partition coefficient (Wildman–Crippen LogP) is 2.11. The largest absolute Gasteiger partial charge is 0.450 e. The molecule has 0 saturated carbocycles. The summed E-state index contributed by atoms with van der Waals surface area (Å²) in [5, 5.41) is 0. The highest BCUT2D eigenvalue weighted by Crippen LogP contribution is 2.22. The van der Waals surface area contributed by atoms with Crippen LogP contribution in [-0.2, 0) is 9.53 Å². The summed E-state index contributed by atoms with van der Waals surface area (Å²) in [5.41, 5.74) is 0.780. The number of rotatable bonds is 3. The van der Waals surface area contributed by atoms with E-state index in [0.29, 0.717) is 5.75 Å². The van der Waals surface area contributed by atoms with Crippen LogP contribution in [0.1, 0.15) is 5.56 Å². The second kappa shape index (κ2) is 3.38. The highest BCUT2D eigenvalue weighted by Gasteiger charge is 2.23. The first kappa shape index (κ1) is 8.56. The molecule has 0 amide bonds. The molecule has 0 aliphatic carbocycles. The SMILES string of the molecule is C=Cc1ccccc1OC(=O)C1=CO1. The van der Waals surface area contributed by atoms with Gasteiger partial charge in [0.15, 0.2) is 0 Å². The van der Waals surface area contributed by atoms with E-state index in [1.54, 1.807) is 18.2 Å². The van der Waals surface area contributed by atoms with Gasteiger partial charge in [0.2, 0.25) is 5.76 Å². The first-order valence-corrected chi connectivity index (χ1v) is 4.12. The van der Waals surface area contributed by atoms with Crippen LogP contribution in [-0.4, -0.2) is 5.97 Å². The van der Waals surface area contributed by atoms with E-state index in [9.17, 15) is 4.79 Å². The Morgan fingerprint density at radius 2 is 2.14 bits per heavy atom. The summed E-state index contributed by atoms with van der Waals surface area (Å²) in [6.45, 7) is 3.62. The van der Waals surface area contributed by atoms with Gasteiger partial charge in [-0.05, 0) is 6.07 Å². The number of para-hydroxylation sites is 1. The summed E-state index contributed by atoms with van der Waals surface area (Å²) < 4.78 is 9.66. The number of ether oxygens (including phenoxy) is 2. The third kappa shape index (κ3) is 1.66. The van der Waals surface area contributed by atoms with Crippen molar-refractivity contribution in [2.75, 3.05) is 0 Å². The Kier molecular flexibility index (Phi) is 2.07. The third-order valence-electron chi connectivity index (χ3n) is 1.78. The number of esters is 1. The van der Waals surface area contributed by atoms with Crippen molar-refractivity contribution in [3.8, 4) is 5.75 Å². The highest BCUT2D eigenvalue weighted by molar-refractivity contribution is 5.91. The van der Waals surface area contributed by atoms with Crippen molar-refractivity contribution in [1.29, 1.82) is 0 Å². The molecule has 0 radical (unpaired) electrons. The van der Waals surface area contributed by atoms with Gasteiger partial charge in [0, 0.05) is 5.56 Å². The lowest BCUT2D eigenvalue weighted by Crippen LogP contribution is -2.06. The topological polar surface area (TPSA) is 38.8 Å². The second-order valence-corrected chi connectivity index (χ2v) is 2.73. The van der Waals surface area contributed by atoms with E-state index >= 15 is 0 Å². The minimum Gasteiger partial charge on any atom is -0.450 e. The summed E-state index contributed by atoms with van der Waals surface area (Å²) in [6.07, 6.45) is 2.98. The van der Waals surface area contributed by atoms with E-state index in [0.717, 1.165) is 5.56 Å². The van der Waals surface area contributed by atoms with Crippen molar-refractivity contribution in [3.63, 3.8) is 0 Å². The second-order valence-electron chi connectivity index (χ2n) is 2.73. The van der Waals surface area contributed by atoms with Crippen LogP contribution < -0.4 is 4.74 Å².